The van der Waals surface area contributed by atoms with Gasteiger partial charge in [-0.2, -0.15) is 5.10 Å². The predicted molar refractivity (Wildman–Crippen MR) is 172 cm³/mol. The van der Waals surface area contributed by atoms with Crippen molar-refractivity contribution >= 4 is 34.8 Å². The molecule has 0 saturated carbocycles. The van der Waals surface area contributed by atoms with Crippen molar-refractivity contribution in [2.75, 3.05) is 61.1 Å². The Labute approximate surface area is 267 Å². The van der Waals surface area contributed by atoms with Crippen LogP contribution in [0.5, 0.6) is 5.75 Å². The number of halogens is 1. The van der Waals surface area contributed by atoms with Crippen molar-refractivity contribution in [3.63, 3.8) is 0 Å². The predicted octanol–water partition coefficient (Wildman–Crippen LogP) is 5.56. The maximum Gasteiger partial charge on any atom is 0.411 e. The first-order valence-corrected chi connectivity index (χ1v) is 15.5. The lowest BCUT2D eigenvalue weighted by molar-refractivity contribution is -0.190. The van der Waals surface area contributed by atoms with E-state index in [1.165, 1.54) is 6.33 Å². The van der Waals surface area contributed by atoms with Gasteiger partial charge in [0.1, 0.15) is 37.7 Å². The molecule has 4 aromatic rings. The number of benzene rings is 3. The molecule has 2 aliphatic rings. The number of piperazine rings is 1. The maximum absolute atomic E-state index is 11.8. The van der Waals surface area contributed by atoms with Gasteiger partial charge in [-0.25, -0.2) is 14.5 Å². The molecule has 2 aliphatic heterocycles. The van der Waals surface area contributed by atoms with E-state index in [9.17, 15) is 4.79 Å². The van der Waals surface area contributed by atoms with E-state index in [1.54, 1.807) is 11.0 Å². The molecule has 0 spiro atoms. The van der Waals surface area contributed by atoms with Crippen LogP contribution in [0.3, 0.4) is 0 Å². The van der Waals surface area contributed by atoms with E-state index in [0.29, 0.717) is 31.4 Å². The van der Waals surface area contributed by atoms with E-state index in [2.05, 4.69) is 37.3 Å². The number of nitrogens with one attached hydrogen (secondary N) is 1. The summed E-state index contributed by atoms with van der Waals surface area (Å²) < 4.78 is 25.6. The fourth-order valence-corrected chi connectivity index (χ4v) is 5.60. The molecule has 6 rings (SSSR count). The van der Waals surface area contributed by atoms with Crippen LogP contribution in [-0.2, 0) is 26.5 Å². The quantitative estimate of drug-likeness (QED) is 0.227. The Balaban J connectivity index is 0.986. The number of aromatic nitrogens is 3. The lowest BCUT2D eigenvalue weighted by Gasteiger charge is -2.37. The van der Waals surface area contributed by atoms with Gasteiger partial charge in [-0.3, -0.25) is 5.32 Å². The fourth-order valence-electron chi connectivity index (χ4n) is 5.47. The third kappa shape index (κ3) is 7.67. The van der Waals surface area contributed by atoms with Gasteiger partial charge in [0.05, 0.1) is 13.2 Å². The molecule has 2 fully saturated rings. The van der Waals surface area contributed by atoms with Crippen LogP contribution in [0.4, 0.5) is 21.9 Å². The van der Waals surface area contributed by atoms with Gasteiger partial charge in [-0.15, -0.1) is 0 Å². The van der Waals surface area contributed by atoms with Crippen molar-refractivity contribution in [2.45, 2.75) is 31.8 Å². The van der Waals surface area contributed by atoms with E-state index in [4.69, 9.17) is 30.5 Å². The van der Waals surface area contributed by atoms with Gasteiger partial charge in [0.2, 0.25) is 5.79 Å². The van der Waals surface area contributed by atoms with Gasteiger partial charge in [0.15, 0.2) is 0 Å². The van der Waals surface area contributed by atoms with Crippen LogP contribution in [0.25, 0.3) is 0 Å². The third-order valence-electron chi connectivity index (χ3n) is 7.81. The summed E-state index contributed by atoms with van der Waals surface area (Å²) in [6.07, 6.45) is 3.23. The van der Waals surface area contributed by atoms with Crippen molar-refractivity contribution in [1.29, 1.82) is 0 Å². The lowest BCUT2D eigenvalue weighted by Crippen LogP contribution is -2.46. The van der Waals surface area contributed by atoms with Gasteiger partial charge in [0.25, 0.3) is 0 Å². The van der Waals surface area contributed by atoms with Crippen molar-refractivity contribution in [3.05, 3.63) is 96.0 Å². The van der Waals surface area contributed by atoms with Gasteiger partial charge in [0, 0.05) is 53.8 Å². The lowest BCUT2D eigenvalue weighted by atomic mass is 10.1. The summed E-state index contributed by atoms with van der Waals surface area (Å²) in [5.41, 5.74) is 3.86. The molecule has 0 aliphatic carbocycles. The number of ether oxygens (including phenoxy) is 4. The number of hydrogen-bond donors (Lipinski definition) is 1. The highest BCUT2D eigenvalue weighted by Gasteiger charge is 2.44. The van der Waals surface area contributed by atoms with E-state index in [1.807, 2.05) is 67.6 Å². The highest BCUT2D eigenvalue weighted by atomic mass is 35.5. The number of anilines is 3. The fraction of sp³-hybridized carbons (Fsp3) is 0.364. The average Bonchev–Trinajstić information content (AvgIpc) is 3.74. The normalized spacial score (nSPS) is 19.8. The van der Waals surface area contributed by atoms with Crippen molar-refractivity contribution < 1.29 is 23.7 Å². The summed E-state index contributed by atoms with van der Waals surface area (Å²) in [5.74, 6) is -0.243. The number of nitrogens with zero attached hydrogens (tertiary/aromatic N) is 5. The molecule has 236 valence electrons. The van der Waals surface area contributed by atoms with Crippen LogP contribution in [0.15, 0.2) is 85.5 Å². The summed E-state index contributed by atoms with van der Waals surface area (Å²) in [7, 11) is 0. The minimum atomic E-state index is -1.01. The van der Waals surface area contributed by atoms with Crippen molar-refractivity contribution in [1.82, 2.24) is 14.8 Å². The van der Waals surface area contributed by atoms with Gasteiger partial charge < -0.3 is 28.7 Å². The van der Waals surface area contributed by atoms with Gasteiger partial charge >= 0.3 is 6.09 Å². The molecule has 1 N–H and O–H groups in total. The molecule has 3 aromatic carbocycles. The number of hydrogen-bond acceptors (Lipinski definition) is 9. The standard InChI is InChI=1S/C33H37ClN6O5/c1-2-19-42-32(41)37-27-7-9-28(10-8-27)38-15-17-39(18-16-38)29-11-13-30(14-12-29)43-20-31-21-44-33(45-31,22-40-24-35-23-36-40)25-3-5-26(34)6-4-25/h3-14,23-24,31H,2,15-22H2,1H3,(H,37,41). The van der Waals surface area contributed by atoms with Crippen LogP contribution in [0.1, 0.15) is 18.9 Å². The molecular formula is C33H37ClN6O5. The van der Waals surface area contributed by atoms with E-state index in [-0.39, 0.29) is 6.10 Å². The molecule has 3 heterocycles. The SMILES string of the molecule is CCCOC(=O)Nc1ccc(N2CCN(c3ccc(OCC4COC(Cn5cncn5)(c5ccc(Cl)cc5)O4)cc3)CC2)cc1. The highest BCUT2D eigenvalue weighted by Crippen LogP contribution is 2.37. The number of carbonyl (C=O) groups is 1. The summed E-state index contributed by atoms with van der Waals surface area (Å²) in [4.78, 5) is 20.6. The molecule has 0 bridgehead atoms. The zero-order valence-corrected chi connectivity index (χ0v) is 25.9. The Morgan fingerprint density at radius 1 is 0.978 bits per heavy atom. The molecule has 2 saturated heterocycles. The first kappa shape index (κ1) is 30.7. The largest absolute Gasteiger partial charge is 0.491 e. The molecule has 2 unspecified atom stereocenters. The molecule has 1 aromatic heterocycles. The highest BCUT2D eigenvalue weighted by molar-refractivity contribution is 6.30. The van der Waals surface area contributed by atoms with Crippen LogP contribution in [0, 0.1) is 0 Å². The molecule has 12 heteroatoms. The van der Waals surface area contributed by atoms with E-state index < -0.39 is 11.9 Å². The van der Waals surface area contributed by atoms with Crippen LogP contribution < -0.4 is 19.9 Å². The second-order valence-corrected chi connectivity index (χ2v) is 11.4. The number of rotatable bonds is 11. The molecule has 45 heavy (non-hydrogen) atoms. The Kier molecular flexibility index (Phi) is 9.68. The van der Waals surface area contributed by atoms with Crippen LogP contribution in [0.2, 0.25) is 5.02 Å². The zero-order chi connectivity index (χ0) is 31.1. The molecule has 1 amide bonds. The maximum atomic E-state index is 11.8. The monoisotopic (exact) mass is 632 g/mol. The molecule has 2 atom stereocenters. The Morgan fingerprint density at radius 2 is 1.64 bits per heavy atom. The van der Waals surface area contributed by atoms with Gasteiger partial charge in [-0.05, 0) is 67.1 Å². The Bertz CT molecular complexity index is 1510. The average molecular weight is 633 g/mol. The smallest absolute Gasteiger partial charge is 0.411 e. The molecule has 11 nitrogen and oxygen atoms in total. The summed E-state index contributed by atoms with van der Waals surface area (Å²) in [6.45, 7) is 7.04. The second-order valence-electron chi connectivity index (χ2n) is 11.0. The number of carbonyl (C=O) groups excluding carboxylic acids is 1. The topological polar surface area (TPSA) is 103 Å². The van der Waals surface area contributed by atoms with Gasteiger partial charge in [-0.1, -0.05) is 30.7 Å². The van der Waals surface area contributed by atoms with Crippen molar-refractivity contribution in [3.8, 4) is 5.75 Å². The van der Waals surface area contributed by atoms with E-state index in [0.717, 1.165) is 61.0 Å². The van der Waals surface area contributed by atoms with Crippen LogP contribution >= 0.6 is 11.6 Å². The molecule has 0 radical (unpaired) electrons. The first-order chi connectivity index (χ1) is 22.0. The Morgan fingerprint density at radius 3 is 2.27 bits per heavy atom. The van der Waals surface area contributed by atoms with Crippen LogP contribution in [-0.4, -0.2) is 73.0 Å². The summed E-state index contributed by atoms with van der Waals surface area (Å²) >= 11 is 6.13. The summed E-state index contributed by atoms with van der Waals surface area (Å²) in [6, 6.07) is 23.5. The minimum absolute atomic E-state index is 0.267. The first-order valence-electron chi connectivity index (χ1n) is 15.2. The number of amides is 1. The van der Waals surface area contributed by atoms with E-state index >= 15 is 0 Å². The molecular weight excluding hydrogens is 596 g/mol. The summed E-state index contributed by atoms with van der Waals surface area (Å²) in [5, 5.41) is 7.64. The zero-order valence-electron chi connectivity index (χ0n) is 25.2. The second kappa shape index (κ2) is 14.2. The van der Waals surface area contributed by atoms with Crippen molar-refractivity contribution in [2.24, 2.45) is 0 Å². The third-order valence-corrected chi connectivity index (χ3v) is 8.07. The minimum Gasteiger partial charge on any atom is -0.491 e. The Hall–Kier alpha value is -4.32.